The molecule has 0 unspecified atom stereocenters. The van der Waals surface area contributed by atoms with Gasteiger partial charge >= 0.3 is 0 Å². The Morgan fingerprint density at radius 1 is 1.15 bits per heavy atom. The van der Waals surface area contributed by atoms with Crippen molar-refractivity contribution in [1.82, 2.24) is 20.5 Å². The van der Waals surface area contributed by atoms with Crippen LogP contribution in [0.2, 0.25) is 0 Å². The van der Waals surface area contributed by atoms with E-state index in [0.717, 1.165) is 27.6 Å². The van der Waals surface area contributed by atoms with Crippen LogP contribution in [-0.2, 0) is 6.54 Å². The average molecular weight is 284 g/mol. The first kappa shape index (κ1) is 13.1. The highest BCUT2D eigenvalue weighted by Crippen LogP contribution is 2.28. The predicted octanol–water partition coefficient (Wildman–Crippen LogP) is 3.25. The second-order valence-electron chi connectivity index (χ2n) is 4.92. The molecule has 0 atom stereocenters. The van der Waals surface area contributed by atoms with Crippen molar-refractivity contribution < 1.29 is 0 Å². The van der Waals surface area contributed by atoms with Gasteiger partial charge in [-0.25, -0.2) is 0 Å². The number of rotatable bonds is 4. The van der Waals surface area contributed by atoms with E-state index < -0.39 is 0 Å². The lowest BCUT2D eigenvalue weighted by Gasteiger charge is -2.04. The molecule has 0 bridgehead atoms. The number of nitrogens with zero attached hydrogens (tertiary/aromatic N) is 3. The average Bonchev–Trinajstić information content (AvgIpc) is 2.93. The molecule has 3 aromatic rings. The Morgan fingerprint density at radius 3 is 2.85 bits per heavy atom. The summed E-state index contributed by atoms with van der Waals surface area (Å²) < 4.78 is 0. The van der Waals surface area contributed by atoms with E-state index in [1.54, 1.807) is 11.3 Å². The van der Waals surface area contributed by atoms with Crippen LogP contribution in [0.5, 0.6) is 0 Å². The highest BCUT2D eigenvalue weighted by Gasteiger charge is 2.11. The Morgan fingerprint density at radius 2 is 2.00 bits per heavy atom. The molecule has 0 aliphatic carbocycles. The number of aromatic nitrogens is 3. The Labute approximate surface area is 121 Å². The normalized spacial score (nSPS) is 11.3. The smallest absolute Gasteiger partial charge is 0.166 e. The molecule has 5 heteroatoms. The van der Waals surface area contributed by atoms with Gasteiger partial charge in [0.05, 0.1) is 0 Å². The molecule has 20 heavy (non-hydrogen) atoms. The molecule has 0 aliphatic heterocycles. The molecule has 0 saturated carbocycles. The number of hydrogen-bond donors (Lipinski definition) is 1. The number of pyridine rings is 1. The van der Waals surface area contributed by atoms with Gasteiger partial charge in [0.15, 0.2) is 5.01 Å². The summed E-state index contributed by atoms with van der Waals surface area (Å²) >= 11 is 1.60. The van der Waals surface area contributed by atoms with Gasteiger partial charge in [0.25, 0.3) is 0 Å². The Kier molecular flexibility index (Phi) is 3.71. The van der Waals surface area contributed by atoms with Crippen LogP contribution in [0.1, 0.15) is 18.9 Å². The lowest BCUT2D eigenvalue weighted by atomic mass is 10.1. The minimum Gasteiger partial charge on any atom is -0.308 e. The number of benzene rings is 1. The van der Waals surface area contributed by atoms with Crippen molar-refractivity contribution >= 4 is 22.1 Å². The zero-order chi connectivity index (χ0) is 13.9. The Bertz CT molecular complexity index is 715. The van der Waals surface area contributed by atoms with Gasteiger partial charge in [0, 0.05) is 24.2 Å². The van der Waals surface area contributed by atoms with Crippen LogP contribution in [0.4, 0.5) is 0 Å². The largest absolute Gasteiger partial charge is 0.308 e. The van der Waals surface area contributed by atoms with E-state index in [4.69, 9.17) is 0 Å². The van der Waals surface area contributed by atoms with Crippen LogP contribution in [0.15, 0.2) is 36.5 Å². The summed E-state index contributed by atoms with van der Waals surface area (Å²) in [5, 5.41) is 16.0. The zero-order valence-electron chi connectivity index (χ0n) is 11.5. The summed E-state index contributed by atoms with van der Waals surface area (Å²) in [7, 11) is 0. The third-order valence-corrected chi connectivity index (χ3v) is 3.93. The number of fused-ring (bicyclic) bond motifs is 1. The van der Waals surface area contributed by atoms with Gasteiger partial charge in [0.1, 0.15) is 10.7 Å². The summed E-state index contributed by atoms with van der Waals surface area (Å²) in [6.07, 6.45) is 1.82. The maximum atomic E-state index is 4.47. The monoisotopic (exact) mass is 284 g/mol. The van der Waals surface area contributed by atoms with Crippen LogP contribution in [0.3, 0.4) is 0 Å². The molecule has 0 spiro atoms. The lowest BCUT2D eigenvalue weighted by molar-refractivity contribution is 0.585. The molecule has 0 fully saturated rings. The first-order valence-electron chi connectivity index (χ1n) is 6.64. The fourth-order valence-electron chi connectivity index (χ4n) is 2.00. The van der Waals surface area contributed by atoms with E-state index in [1.807, 2.05) is 24.4 Å². The van der Waals surface area contributed by atoms with Crippen LogP contribution in [0.25, 0.3) is 21.5 Å². The van der Waals surface area contributed by atoms with Gasteiger partial charge < -0.3 is 5.32 Å². The fraction of sp³-hybridized carbons (Fsp3) is 0.267. The van der Waals surface area contributed by atoms with Gasteiger partial charge in [-0.05, 0) is 11.5 Å². The highest BCUT2D eigenvalue weighted by molar-refractivity contribution is 7.14. The minimum atomic E-state index is 0.443. The van der Waals surface area contributed by atoms with Crippen molar-refractivity contribution in [2.75, 3.05) is 0 Å². The van der Waals surface area contributed by atoms with E-state index in [0.29, 0.717) is 6.04 Å². The van der Waals surface area contributed by atoms with Gasteiger partial charge in [-0.15, -0.1) is 10.2 Å². The summed E-state index contributed by atoms with van der Waals surface area (Å²) in [5.41, 5.74) is 0.913. The van der Waals surface area contributed by atoms with Crippen LogP contribution >= 0.6 is 11.3 Å². The second kappa shape index (κ2) is 5.64. The standard InChI is InChI=1S/C15H16N4S/c1-10(2)17-9-13-18-19-15(20-13)14-12-6-4-3-5-11(12)7-8-16-14/h3-8,10,17H,9H2,1-2H3. The molecule has 0 saturated heterocycles. The second-order valence-corrected chi connectivity index (χ2v) is 5.98. The van der Waals surface area contributed by atoms with E-state index in [2.05, 4.69) is 46.5 Å². The zero-order valence-corrected chi connectivity index (χ0v) is 12.3. The van der Waals surface area contributed by atoms with Crippen molar-refractivity contribution in [3.8, 4) is 10.7 Å². The molecule has 4 nitrogen and oxygen atoms in total. The molecular weight excluding hydrogens is 268 g/mol. The quantitative estimate of drug-likeness (QED) is 0.799. The first-order chi connectivity index (χ1) is 9.74. The Hall–Kier alpha value is -1.85. The molecule has 1 aromatic carbocycles. The van der Waals surface area contributed by atoms with Gasteiger partial charge in [0.2, 0.25) is 0 Å². The number of nitrogens with one attached hydrogen (secondary N) is 1. The van der Waals surface area contributed by atoms with Gasteiger partial charge in [-0.1, -0.05) is 49.4 Å². The van der Waals surface area contributed by atoms with E-state index in [-0.39, 0.29) is 0 Å². The molecule has 0 aliphatic rings. The summed E-state index contributed by atoms with van der Waals surface area (Å²) in [5.74, 6) is 0. The van der Waals surface area contributed by atoms with Crippen molar-refractivity contribution in [2.45, 2.75) is 26.4 Å². The topological polar surface area (TPSA) is 50.7 Å². The lowest BCUT2D eigenvalue weighted by Crippen LogP contribution is -2.21. The fourth-order valence-corrected chi connectivity index (χ4v) is 2.80. The molecule has 2 heterocycles. The van der Waals surface area contributed by atoms with Crippen LogP contribution in [0, 0.1) is 0 Å². The van der Waals surface area contributed by atoms with Crippen molar-refractivity contribution in [2.24, 2.45) is 0 Å². The molecule has 0 amide bonds. The third kappa shape index (κ3) is 2.69. The number of hydrogen-bond acceptors (Lipinski definition) is 5. The van der Waals surface area contributed by atoms with Gasteiger partial charge in [-0.2, -0.15) is 0 Å². The van der Waals surface area contributed by atoms with E-state index >= 15 is 0 Å². The molecule has 0 radical (unpaired) electrons. The summed E-state index contributed by atoms with van der Waals surface area (Å²) in [4.78, 5) is 4.47. The predicted molar refractivity (Wildman–Crippen MR) is 82.6 cm³/mol. The summed E-state index contributed by atoms with van der Waals surface area (Å²) in [6, 6.07) is 10.7. The molecule has 2 aromatic heterocycles. The molecule has 102 valence electrons. The SMILES string of the molecule is CC(C)NCc1nnc(-c2nccc3ccccc23)s1. The molecule has 1 N–H and O–H groups in total. The van der Waals surface area contributed by atoms with Crippen LogP contribution < -0.4 is 5.32 Å². The highest BCUT2D eigenvalue weighted by atomic mass is 32.1. The van der Waals surface area contributed by atoms with Crippen molar-refractivity contribution in [1.29, 1.82) is 0 Å². The van der Waals surface area contributed by atoms with Crippen molar-refractivity contribution in [3.05, 3.63) is 41.5 Å². The maximum absolute atomic E-state index is 4.47. The maximum Gasteiger partial charge on any atom is 0.166 e. The first-order valence-corrected chi connectivity index (χ1v) is 7.45. The molecular formula is C15H16N4S. The van der Waals surface area contributed by atoms with Crippen LogP contribution in [-0.4, -0.2) is 21.2 Å². The Balaban J connectivity index is 1.95. The molecule has 3 rings (SSSR count). The summed E-state index contributed by atoms with van der Waals surface area (Å²) in [6.45, 7) is 4.99. The van der Waals surface area contributed by atoms with E-state index in [9.17, 15) is 0 Å². The third-order valence-electron chi connectivity index (χ3n) is 3.00. The van der Waals surface area contributed by atoms with Gasteiger partial charge in [-0.3, -0.25) is 4.98 Å². The van der Waals surface area contributed by atoms with E-state index in [1.165, 1.54) is 5.39 Å². The minimum absolute atomic E-state index is 0.443. The van der Waals surface area contributed by atoms with Crippen molar-refractivity contribution in [3.63, 3.8) is 0 Å².